The standard InChI is InChI=1S/C17H27N/c1-12(2)15-9-7-14(8-10-15)11-17(18)16-6-4-5-13(16)3/h7-10,12-13,16-17H,4-6,11,18H2,1-3H3. The molecule has 0 bridgehead atoms. The molecule has 0 aromatic heterocycles. The molecule has 1 aromatic rings. The minimum Gasteiger partial charge on any atom is -0.327 e. The largest absolute Gasteiger partial charge is 0.327 e. The Labute approximate surface area is 112 Å². The third-order valence-corrected chi connectivity index (χ3v) is 4.60. The summed E-state index contributed by atoms with van der Waals surface area (Å²) in [4.78, 5) is 0. The van der Waals surface area contributed by atoms with Crippen molar-refractivity contribution in [3.8, 4) is 0 Å². The Morgan fingerprint density at radius 2 is 1.83 bits per heavy atom. The maximum Gasteiger partial charge on any atom is 0.0110 e. The van der Waals surface area contributed by atoms with Crippen LogP contribution in [-0.4, -0.2) is 6.04 Å². The van der Waals surface area contributed by atoms with Crippen LogP contribution in [0.1, 0.15) is 57.1 Å². The van der Waals surface area contributed by atoms with Crippen LogP contribution in [0.3, 0.4) is 0 Å². The molecular formula is C17H27N. The molecule has 1 aliphatic rings. The predicted octanol–water partition coefficient (Wildman–Crippen LogP) is 4.12. The quantitative estimate of drug-likeness (QED) is 0.848. The van der Waals surface area contributed by atoms with Crippen molar-refractivity contribution in [2.75, 3.05) is 0 Å². The molecule has 1 aliphatic carbocycles. The lowest BCUT2D eigenvalue weighted by atomic mass is 9.87. The van der Waals surface area contributed by atoms with Crippen LogP contribution in [0.15, 0.2) is 24.3 Å². The van der Waals surface area contributed by atoms with Crippen LogP contribution in [0.5, 0.6) is 0 Å². The average molecular weight is 245 g/mol. The molecule has 0 heterocycles. The van der Waals surface area contributed by atoms with Gasteiger partial charge in [0.15, 0.2) is 0 Å². The summed E-state index contributed by atoms with van der Waals surface area (Å²) in [6, 6.07) is 9.37. The fourth-order valence-electron chi connectivity index (χ4n) is 3.27. The zero-order chi connectivity index (χ0) is 13.1. The maximum absolute atomic E-state index is 6.40. The highest BCUT2D eigenvalue weighted by atomic mass is 14.7. The highest BCUT2D eigenvalue weighted by molar-refractivity contribution is 5.25. The topological polar surface area (TPSA) is 26.0 Å². The second kappa shape index (κ2) is 5.88. The molecule has 0 spiro atoms. The van der Waals surface area contributed by atoms with E-state index in [4.69, 9.17) is 5.73 Å². The smallest absolute Gasteiger partial charge is 0.0110 e. The van der Waals surface area contributed by atoms with E-state index in [1.807, 2.05) is 0 Å². The Balaban J connectivity index is 1.96. The van der Waals surface area contributed by atoms with Gasteiger partial charge in [-0.25, -0.2) is 0 Å². The van der Waals surface area contributed by atoms with E-state index in [2.05, 4.69) is 45.0 Å². The lowest BCUT2D eigenvalue weighted by Gasteiger charge is -2.23. The predicted molar refractivity (Wildman–Crippen MR) is 78.7 cm³/mol. The van der Waals surface area contributed by atoms with E-state index in [1.54, 1.807) is 0 Å². The zero-order valence-electron chi connectivity index (χ0n) is 12.0. The molecule has 100 valence electrons. The monoisotopic (exact) mass is 245 g/mol. The summed E-state index contributed by atoms with van der Waals surface area (Å²) in [5, 5.41) is 0. The normalized spacial score (nSPS) is 25.6. The van der Waals surface area contributed by atoms with Crippen molar-refractivity contribution in [1.29, 1.82) is 0 Å². The highest BCUT2D eigenvalue weighted by Crippen LogP contribution is 2.33. The van der Waals surface area contributed by atoms with Crippen molar-refractivity contribution < 1.29 is 0 Å². The molecule has 1 fully saturated rings. The molecule has 1 nitrogen and oxygen atoms in total. The first-order valence-corrected chi connectivity index (χ1v) is 7.42. The Morgan fingerprint density at radius 1 is 1.17 bits per heavy atom. The Hall–Kier alpha value is -0.820. The average Bonchev–Trinajstić information content (AvgIpc) is 2.76. The first kappa shape index (κ1) is 13.6. The van der Waals surface area contributed by atoms with Crippen LogP contribution in [0.4, 0.5) is 0 Å². The van der Waals surface area contributed by atoms with E-state index in [9.17, 15) is 0 Å². The van der Waals surface area contributed by atoms with Crippen molar-refractivity contribution in [1.82, 2.24) is 0 Å². The Bertz CT molecular complexity index is 366. The number of rotatable bonds is 4. The van der Waals surface area contributed by atoms with Gasteiger partial charge >= 0.3 is 0 Å². The number of hydrogen-bond donors (Lipinski definition) is 1. The summed E-state index contributed by atoms with van der Waals surface area (Å²) in [7, 11) is 0. The molecule has 0 saturated heterocycles. The van der Waals surface area contributed by atoms with Gasteiger partial charge in [0.05, 0.1) is 0 Å². The first-order valence-electron chi connectivity index (χ1n) is 7.42. The van der Waals surface area contributed by atoms with E-state index in [1.165, 1.54) is 30.4 Å². The second-order valence-corrected chi connectivity index (χ2v) is 6.34. The van der Waals surface area contributed by atoms with Crippen LogP contribution in [0, 0.1) is 11.8 Å². The summed E-state index contributed by atoms with van der Waals surface area (Å²) in [6.45, 7) is 6.83. The highest BCUT2D eigenvalue weighted by Gasteiger charge is 2.28. The molecule has 1 saturated carbocycles. The number of benzene rings is 1. The van der Waals surface area contributed by atoms with Crippen LogP contribution in [-0.2, 0) is 6.42 Å². The molecule has 3 unspecified atom stereocenters. The van der Waals surface area contributed by atoms with E-state index >= 15 is 0 Å². The van der Waals surface area contributed by atoms with Crippen molar-refractivity contribution in [2.45, 2.75) is 58.4 Å². The zero-order valence-corrected chi connectivity index (χ0v) is 12.0. The van der Waals surface area contributed by atoms with E-state index in [-0.39, 0.29) is 0 Å². The van der Waals surface area contributed by atoms with Gasteiger partial charge < -0.3 is 5.73 Å². The lowest BCUT2D eigenvalue weighted by Crippen LogP contribution is -2.33. The van der Waals surface area contributed by atoms with Gasteiger partial charge in [-0.3, -0.25) is 0 Å². The van der Waals surface area contributed by atoms with Gasteiger partial charge in [-0.1, -0.05) is 57.9 Å². The minimum atomic E-state index is 0.340. The second-order valence-electron chi connectivity index (χ2n) is 6.34. The van der Waals surface area contributed by atoms with Crippen LogP contribution in [0.25, 0.3) is 0 Å². The molecule has 2 rings (SSSR count). The Morgan fingerprint density at radius 3 is 2.33 bits per heavy atom. The molecule has 0 aliphatic heterocycles. The third kappa shape index (κ3) is 3.14. The summed E-state index contributed by atoms with van der Waals surface area (Å²) >= 11 is 0. The van der Waals surface area contributed by atoms with Gasteiger partial charge in [-0.15, -0.1) is 0 Å². The van der Waals surface area contributed by atoms with Gasteiger partial charge in [0.1, 0.15) is 0 Å². The molecule has 0 radical (unpaired) electrons. The third-order valence-electron chi connectivity index (χ3n) is 4.60. The van der Waals surface area contributed by atoms with Gasteiger partial charge in [-0.2, -0.15) is 0 Å². The van der Waals surface area contributed by atoms with Crippen molar-refractivity contribution in [3.63, 3.8) is 0 Å². The van der Waals surface area contributed by atoms with Gasteiger partial charge in [0.25, 0.3) is 0 Å². The first-order chi connectivity index (χ1) is 8.58. The summed E-state index contributed by atoms with van der Waals surface area (Å²) in [5.74, 6) is 2.16. The molecule has 1 heteroatoms. The van der Waals surface area contributed by atoms with Crippen LogP contribution in [0.2, 0.25) is 0 Å². The molecule has 1 aromatic carbocycles. The Kier molecular flexibility index (Phi) is 4.45. The fraction of sp³-hybridized carbons (Fsp3) is 0.647. The maximum atomic E-state index is 6.40. The van der Waals surface area contributed by atoms with Gasteiger partial charge in [0, 0.05) is 6.04 Å². The van der Waals surface area contributed by atoms with Crippen molar-refractivity contribution in [3.05, 3.63) is 35.4 Å². The molecule has 18 heavy (non-hydrogen) atoms. The lowest BCUT2D eigenvalue weighted by molar-refractivity contribution is 0.343. The van der Waals surface area contributed by atoms with E-state index in [0.717, 1.165) is 18.3 Å². The summed E-state index contributed by atoms with van der Waals surface area (Å²) < 4.78 is 0. The minimum absolute atomic E-state index is 0.340. The number of nitrogens with two attached hydrogens (primary N) is 1. The fourth-order valence-corrected chi connectivity index (χ4v) is 3.27. The van der Waals surface area contributed by atoms with Crippen LogP contribution < -0.4 is 5.73 Å². The van der Waals surface area contributed by atoms with Gasteiger partial charge in [0.2, 0.25) is 0 Å². The van der Waals surface area contributed by atoms with Crippen molar-refractivity contribution >= 4 is 0 Å². The molecule has 2 N–H and O–H groups in total. The van der Waals surface area contributed by atoms with Gasteiger partial charge in [-0.05, 0) is 41.7 Å². The molecular weight excluding hydrogens is 218 g/mol. The summed E-state index contributed by atoms with van der Waals surface area (Å²) in [6.07, 6.45) is 5.09. The van der Waals surface area contributed by atoms with Crippen LogP contribution >= 0.6 is 0 Å². The summed E-state index contributed by atoms with van der Waals surface area (Å²) in [5.41, 5.74) is 9.21. The molecule has 3 atom stereocenters. The van der Waals surface area contributed by atoms with E-state index in [0.29, 0.717) is 12.0 Å². The number of hydrogen-bond acceptors (Lipinski definition) is 1. The van der Waals surface area contributed by atoms with E-state index < -0.39 is 0 Å². The van der Waals surface area contributed by atoms with Crippen molar-refractivity contribution in [2.24, 2.45) is 17.6 Å². The molecule has 0 amide bonds. The SMILES string of the molecule is CC(C)c1ccc(CC(N)C2CCCC2C)cc1.